The summed E-state index contributed by atoms with van der Waals surface area (Å²) >= 11 is 1.67. The van der Waals surface area contributed by atoms with Crippen molar-refractivity contribution < 1.29 is 8.78 Å². The smallest absolute Gasteiger partial charge is 0.159 e. The van der Waals surface area contributed by atoms with Crippen LogP contribution in [-0.4, -0.2) is 7.05 Å². The fraction of sp³-hybridized carbons (Fsp3) is 0.286. The molecule has 0 aliphatic heterocycles. The Kier molecular flexibility index (Phi) is 4.44. The van der Waals surface area contributed by atoms with E-state index in [1.54, 1.807) is 17.4 Å². The zero-order valence-electron chi connectivity index (χ0n) is 10.1. The molecule has 0 spiro atoms. The second-order valence-corrected chi connectivity index (χ2v) is 4.97. The van der Waals surface area contributed by atoms with Gasteiger partial charge >= 0.3 is 0 Å². The minimum atomic E-state index is -0.800. The SMILES string of the molecule is CNC(CCc1ccsc1)c1ccc(F)c(F)c1. The highest BCUT2D eigenvalue weighted by atomic mass is 32.1. The molecule has 96 valence electrons. The molecule has 0 fully saturated rings. The highest BCUT2D eigenvalue weighted by Gasteiger charge is 2.12. The van der Waals surface area contributed by atoms with Gasteiger partial charge in [-0.05, 0) is 60.0 Å². The van der Waals surface area contributed by atoms with Crippen LogP contribution < -0.4 is 5.32 Å². The van der Waals surface area contributed by atoms with Crippen LogP contribution in [0.3, 0.4) is 0 Å². The van der Waals surface area contributed by atoms with Crippen molar-refractivity contribution in [3.05, 3.63) is 57.8 Å². The topological polar surface area (TPSA) is 12.0 Å². The molecule has 1 aromatic carbocycles. The second kappa shape index (κ2) is 6.07. The fourth-order valence-electron chi connectivity index (χ4n) is 1.95. The minimum absolute atomic E-state index is 0.0417. The van der Waals surface area contributed by atoms with Crippen LogP contribution in [0.2, 0.25) is 0 Å². The molecule has 4 heteroatoms. The van der Waals surface area contributed by atoms with E-state index in [0.717, 1.165) is 18.4 Å². The predicted molar refractivity (Wildman–Crippen MR) is 70.8 cm³/mol. The van der Waals surface area contributed by atoms with Crippen molar-refractivity contribution in [2.75, 3.05) is 7.05 Å². The number of benzene rings is 1. The van der Waals surface area contributed by atoms with Crippen LogP contribution in [0.1, 0.15) is 23.6 Å². The van der Waals surface area contributed by atoms with Gasteiger partial charge in [0.05, 0.1) is 0 Å². The Balaban J connectivity index is 2.05. The van der Waals surface area contributed by atoms with Crippen molar-refractivity contribution in [3.63, 3.8) is 0 Å². The Morgan fingerprint density at radius 2 is 2.06 bits per heavy atom. The van der Waals surface area contributed by atoms with Gasteiger partial charge in [0.2, 0.25) is 0 Å². The summed E-state index contributed by atoms with van der Waals surface area (Å²) in [7, 11) is 1.83. The van der Waals surface area contributed by atoms with Crippen molar-refractivity contribution in [3.8, 4) is 0 Å². The van der Waals surface area contributed by atoms with Gasteiger partial charge in [-0.2, -0.15) is 11.3 Å². The van der Waals surface area contributed by atoms with E-state index in [-0.39, 0.29) is 6.04 Å². The fourth-order valence-corrected chi connectivity index (χ4v) is 2.66. The summed E-state index contributed by atoms with van der Waals surface area (Å²) in [5.41, 5.74) is 2.06. The van der Waals surface area contributed by atoms with E-state index in [4.69, 9.17) is 0 Å². The van der Waals surface area contributed by atoms with Gasteiger partial charge in [-0.1, -0.05) is 6.07 Å². The van der Waals surface area contributed by atoms with Gasteiger partial charge in [-0.3, -0.25) is 0 Å². The highest BCUT2D eigenvalue weighted by molar-refractivity contribution is 7.07. The van der Waals surface area contributed by atoms with E-state index in [1.807, 2.05) is 12.4 Å². The average Bonchev–Trinajstić information content (AvgIpc) is 2.87. The molecule has 0 bridgehead atoms. The van der Waals surface area contributed by atoms with E-state index >= 15 is 0 Å². The van der Waals surface area contributed by atoms with Crippen LogP contribution in [0, 0.1) is 11.6 Å². The maximum absolute atomic E-state index is 13.2. The number of rotatable bonds is 5. The van der Waals surface area contributed by atoms with E-state index < -0.39 is 11.6 Å². The number of thiophene rings is 1. The summed E-state index contributed by atoms with van der Waals surface area (Å²) in [6.07, 6.45) is 1.78. The molecule has 18 heavy (non-hydrogen) atoms. The average molecular weight is 267 g/mol. The van der Waals surface area contributed by atoms with Crippen LogP contribution in [0.4, 0.5) is 8.78 Å². The first-order valence-electron chi connectivity index (χ1n) is 5.84. The number of nitrogens with one attached hydrogen (secondary N) is 1. The zero-order valence-corrected chi connectivity index (χ0v) is 10.9. The van der Waals surface area contributed by atoms with Crippen molar-refractivity contribution in [1.82, 2.24) is 5.32 Å². The normalized spacial score (nSPS) is 12.6. The second-order valence-electron chi connectivity index (χ2n) is 4.19. The van der Waals surface area contributed by atoms with E-state index in [2.05, 4.69) is 16.8 Å². The van der Waals surface area contributed by atoms with Crippen molar-refractivity contribution >= 4 is 11.3 Å². The molecule has 0 aliphatic carbocycles. The summed E-state index contributed by atoms with van der Waals surface area (Å²) in [5, 5.41) is 7.29. The molecule has 0 saturated carbocycles. The Morgan fingerprint density at radius 1 is 1.22 bits per heavy atom. The molecule has 2 rings (SSSR count). The largest absolute Gasteiger partial charge is 0.313 e. The molecular formula is C14H15F2NS. The summed E-state index contributed by atoms with van der Waals surface area (Å²) in [4.78, 5) is 0. The quantitative estimate of drug-likeness (QED) is 0.865. The van der Waals surface area contributed by atoms with Gasteiger partial charge in [0, 0.05) is 6.04 Å². The maximum Gasteiger partial charge on any atom is 0.159 e. The number of hydrogen-bond donors (Lipinski definition) is 1. The van der Waals surface area contributed by atoms with Gasteiger partial charge in [-0.15, -0.1) is 0 Å². The molecular weight excluding hydrogens is 252 g/mol. The lowest BCUT2D eigenvalue weighted by Crippen LogP contribution is -2.17. The first kappa shape index (κ1) is 13.2. The monoisotopic (exact) mass is 267 g/mol. The van der Waals surface area contributed by atoms with E-state index in [9.17, 15) is 8.78 Å². The molecule has 1 aromatic heterocycles. The molecule has 0 amide bonds. The molecule has 0 aliphatic rings. The molecule has 1 N–H and O–H groups in total. The first-order chi connectivity index (χ1) is 8.70. The molecule has 1 atom stereocenters. The van der Waals surface area contributed by atoms with Crippen LogP contribution in [-0.2, 0) is 6.42 Å². The number of aryl methyl sites for hydroxylation is 1. The van der Waals surface area contributed by atoms with Gasteiger partial charge in [-0.25, -0.2) is 8.78 Å². The Labute approximate surface area is 109 Å². The predicted octanol–water partition coefficient (Wildman–Crippen LogP) is 3.92. The third kappa shape index (κ3) is 3.15. The summed E-state index contributed by atoms with van der Waals surface area (Å²) < 4.78 is 26.1. The Hall–Kier alpha value is -1.26. The van der Waals surface area contributed by atoms with Gasteiger partial charge < -0.3 is 5.32 Å². The minimum Gasteiger partial charge on any atom is -0.313 e. The maximum atomic E-state index is 13.2. The standard InChI is InChI=1S/C14H15F2NS/c1-17-14(5-2-10-6-7-18-9-10)11-3-4-12(15)13(16)8-11/h3-4,6-9,14,17H,2,5H2,1H3. The van der Waals surface area contributed by atoms with Crippen molar-refractivity contribution in [2.45, 2.75) is 18.9 Å². The molecule has 1 unspecified atom stereocenters. The number of hydrogen-bond acceptors (Lipinski definition) is 2. The molecule has 0 saturated heterocycles. The van der Waals surface area contributed by atoms with Gasteiger partial charge in [0.25, 0.3) is 0 Å². The summed E-state index contributed by atoms with van der Waals surface area (Å²) in [6.45, 7) is 0. The van der Waals surface area contributed by atoms with Gasteiger partial charge in [0.15, 0.2) is 11.6 Å². The Bertz CT molecular complexity index is 497. The van der Waals surface area contributed by atoms with Crippen LogP contribution in [0.15, 0.2) is 35.0 Å². The first-order valence-corrected chi connectivity index (χ1v) is 6.78. The molecule has 0 radical (unpaired) electrons. The van der Waals surface area contributed by atoms with Crippen molar-refractivity contribution in [1.29, 1.82) is 0 Å². The molecule has 2 aromatic rings. The summed E-state index contributed by atoms with van der Waals surface area (Å²) in [6, 6.07) is 6.21. The van der Waals surface area contributed by atoms with Crippen LogP contribution >= 0.6 is 11.3 Å². The third-order valence-electron chi connectivity index (χ3n) is 3.00. The molecule has 1 nitrogen and oxygen atoms in total. The summed E-state index contributed by atoms with van der Waals surface area (Å²) in [5.74, 6) is -1.59. The lowest BCUT2D eigenvalue weighted by Gasteiger charge is -2.16. The number of halogens is 2. The van der Waals surface area contributed by atoms with Gasteiger partial charge in [0.1, 0.15) is 0 Å². The molecule has 1 heterocycles. The highest BCUT2D eigenvalue weighted by Crippen LogP contribution is 2.21. The van der Waals surface area contributed by atoms with Crippen molar-refractivity contribution in [2.24, 2.45) is 0 Å². The Morgan fingerprint density at radius 3 is 2.67 bits per heavy atom. The lowest BCUT2D eigenvalue weighted by molar-refractivity contribution is 0.497. The lowest BCUT2D eigenvalue weighted by atomic mass is 10.00. The van der Waals surface area contributed by atoms with Crippen LogP contribution in [0.5, 0.6) is 0 Å². The third-order valence-corrected chi connectivity index (χ3v) is 3.73. The van der Waals surface area contributed by atoms with E-state index in [1.165, 1.54) is 17.7 Å². The van der Waals surface area contributed by atoms with E-state index in [0.29, 0.717) is 0 Å². The zero-order chi connectivity index (χ0) is 13.0. The van der Waals surface area contributed by atoms with Crippen LogP contribution in [0.25, 0.3) is 0 Å².